The van der Waals surface area contributed by atoms with Crippen LogP contribution in [-0.2, 0) is 6.54 Å². The molecule has 0 aliphatic heterocycles. The molecule has 0 bridgehead atoms. The Hall–Kier alpha value is -1.88. The summed E-state index contributed by atoms with van der Waals surface area (Å²) >= 11 is 1.57. The van der Waals surface area contributed by atoms with Crippen molar-refractivity contribution in [2.75, 3.05) is 5.32 Å². The Morgan fingerprint density at radius 1 is 1.29 bits per heavy atom. The molecular weight excluding hydrogens is 232 g/mol. The summed E-state index contributed by atoms with van der Waals surface area (Å²) in [4.78, 5) is 5.30. The van der Waals surface area contributed by atoms with Gasteiger partial charge in [0.05, 0.1) is 11.9 Å². The molecule has 3 aromatic rings. The molecule has 1 aromatic carbocycles. The van der Waals surface area contributed by atoms with E-state index < -0.39 is 0 Å². The summed E-state index contributed by atoms with van der Waals surface area (Å²) in [5, 5.41) is 8.61. The quantitative estimate of drug-likeness (QED) is 0.770. The lowest BCUT2D eigenvalue weighted by Gasteiger charge is -2.00. The zero-order valence-electron chi connectivity index (χ0n) is 9.42. The number of nitrogens with zero attached hydrogens (tertiary/aromatic N) is 3. The summed E-state index contributed by atoms with van der Waals surface area (Å²) in [6.45, 7) is 2.76. The molecule has 86 valence electrons. The minimum atomic E-state index is 0.788. The minimum Gasteiger partial charge on any atom is -0.356 e. The van der Waals surface area contributed by atoms with Crippen LogP contribution in [0.25, 0.3) is 4.96 Å². The first-order valence-corrected chi connectivity index (χ1v) is 6.23. The highest BCUT2D eigenvalue weighted by Gasteiger charge is 2.05. The van der Waals surface area contributed by atoms with Crippen LogP contribution in [0.2, 0.25) is 0 Å². The van der Waals surface area contributed by atoms with Crippen LogP contribution in [0.4, 0.5) is 5.13 Å². The number of aryl methyl sites for hydroxylation is 1. The van der Waals surface area contributed by atoms with Crippen LogP contribution in [0, 0.1) is 6.92 Å². The van der Waals surface area contributed by atoms with E-state index in [1.165, 1.54) is 5.56 Å². The molecule has 0 aliphatic rings. The van der Waals surface area contributed by atoms with Crippen molar-refractivity contribution in [2.24, 2.45) is 0 Å². The molecule has 3 rings (SSSR count). The largest absolute Gasteiger partial charge is 0.356 e. The fraction of sp³-hybridized carbons (Fsp3) is 0.167. The zero-order valence-corrected chi connectivity index (χ0v) is 10.2. The van der Waals surface area contributed by atoms with Gasteiger partial charge in [-0.15, -0.1) is 5.10 Å². The van der Waals surface area contributed by atoms with Crippen LogP contribution in [0.5, 0.6) is 0 Å². The zero-order chi connectivity index (χ0) is 11.7. The molecule has 0 aliphatic carbocycles. The van der Waals surface area contributed by atoms with Crippen molar-refractivity contribution in [1.29, 1.82) is 0 Å². The molecule has 2 aromatic heterocycles. The normalized spacial score (nSPS) is 10.9. The second kappa shape index (κ2) is 4.18. The van der Waals surface area contributed by atoms with Gasteiger partial charge in [-0.2, -0.15) is 0 Å². The summed E-state index contributed by atoms with van der Waals surface area (Å²) in [6, 6.07) is 10.3. The number of hydrogen-bond donors (Lipinski definition) is 1. The first-order chi connectivity index (χ1) is 8.31. The minimum absolute atomic E-state index is 0.788. The van der Waals surface area contributed by atoms with Crippen molar-refractivity contribution in [2.45, 2.75) is 13.5 Å². The van der Waals surface area contributed by atoms with E-state index in [1.807, 2.05) is 35.8 Å². The smallest absolute Gasteiger partial charge is 0.214 e. The van der Waals surface area contributed by atoms with Gasteiger partial charge in [0.15, 0.2) is 0 Å². The predicted octanol–water partition coefficient (Wildman–Crippen LogP) is 2.71. The van der Waals surface area contributed by atoms with Crippen molar-refractivity contribution in [1.82, 2.24) is 14.6 Å². The Morgan fingerprint density at radius 3 is 2.88 bits per heavy atom. The molecule has 0 fully saturated rings. The summed E-state index contributed by atoms with van der Waals surface area (Å²) in [5.41, 5.74) is 2.25. The molecule has 0 atom stereocenters. The fourth-order valence-electron chi connectivity index (χ4n) is 1.65. The number of fused-ring (bicyclic) bond motifs is 1. The number of benzene rings is 1. The first kappa shape index (κ1) is 10.3. The van der Waals surface area contributed by atoms with Crippen LogP contribution >= 0.6 is 11.3 Å². The van der Waals surface area contributed by atoms with Gasteiger partial charge in [0, 0.05) is 6.54 Å². The first-order valence-electron chi connectivity index (χ1n) is 5.42. The van der Waals surface area contributed by atoms with E-state index in [-0.39, 0.29) is 0 Å². The lowest BCUT2D eigenvalue weighted by Crippen LogP contribution is -1.99. The highest BCUT2D eigenvalue weighted by molar-refractivity contribution is 7.20. The van der Waals surface area contributed by atoms with E-state index in [2.05, 4.69) is 27.5 Å². The standard InChI is InChI=1S/C12H12N4S/c1-9-8-16-12(14-9)17-11(15-16)13-7-10-5-3-2-4-6-10/h2-6,8H,7H2,1H3,(H,13,15). The molecule has 0 saturated carbocycles. The predicted molar refractivity (Wildman–Crippen MR) is 69.4 cm³/mol. The molecule has 17 heavy (non-hydrogen) atoms. The molecule has 0 unspecified atom stereocenters. The van der Waals surface area contributed by atoms with Crippen LogP contribution in [-0.4, -0.2) is 14.6 Å². The van der Waals surface area contributed by atoms with Crippen molar-refractivity contribution < 1.29 is 0 Å². The summed E-state index contributed by atoms with van der Waals surface area (Å²) < 4.78 is 1.81. The highest BCUT2D eigenvalue weighted by atomic mass is 32.1. The molecule has 0 spiro atoms. The maximum Gasteiger partial charge on any atom is 0.214 e. The maximum atomic E-state index is 4.41. The average Bonchev–Trinajstić information content (AvgIpc) is 2.84. The Morgan fingerprint density at radius 2 is 2.12 bits per heavy atom. The van der Waals surface area contributed by atoms with Gasteiger partial charge in [-0.05, 0) is 12.5 Å². The second-order valence-electron chi connectivity index (χ2n) is 3.86. The van der Waals surface area contributed by atoms with Gasteiger partial charge in [-0.3, -0.25) is 0 Å². The average molecular weight is 244 g/mol. The number of rotatable bonds is 3. The van der Waals surface area contributed by atoms with Gasteiger partial charge < -0.3 is 5.32 Å². The Bertz CT molecular complexity index is 595. The van der Waals surface area contributed by atoms with Crippen molar-refractivity contribution >= 4 is 21.4 Å². The van der Waals surface area contributed by atoms with Crippen molar-refractivity contribution in [3.8, 4) is 0 Å². The van der Waals surface area contributed by atoms with E-state index in [0.717, 1.165) is 22.3 Å². The third-order valence-corrected chi connectivity index (χ3v) is 3.33. The van der Waals surface area contributed by atoms with E-state index >= 15 is 0 Å². The van der Waals surface area contributed by atoms with Gasteiger partial charge >= 0.3 is 0 Å². The second-order valence-corrected chi connectivity index (χ2v) is 4.81. The Kier molecular flexibility index (Phi) is 2.53. The van der Waals surface area contributed by atoms with Gasteiger partial charge in [-0.1, -0.05) is 41.7 Å². The van der Waals surface area contributed by atoms with Gasteiger partial charge in [-0.25, -0.2) is 9.50 Å². The lowest BCUT2D eigenvalue weighted by molar-refractivity contribution is 0.959. The Balaban J connectivity index is 1.75. The molecular formula is C12H12N4S. The summed E-state index contributed by atoms with van der Waals surface area (Å²) in [6.07, 6.45) is 1.93. The van der Waals surface area contributed by atoms with E-state index in [1.54, 1.807) is 11.3 Å². The number of anilines is 1. The molecule has 0 amide bonds. The number of nitrogens with one attached hydrogen (secondary N) is 1. The maximum absolute atomic E-state index is 4.41. The van der Waals surface area contributed by atoms with Crippen molar-refractivity contribution in [3.63, 3.8) is 0 Å². The van der Waals surface area contributed by atoms with Crippen LogP contribution < -0.4 is 5.32 Å². The van der Waals surface area contributed by atoms with Crippen LogP contribution in [0.1, 0.15) is 11.3 Å². The SMILES string of the molecule is Cc1cn2nc(NCc3ccccc3)sc2n1. The topological polar surface area (TPSA) is 42.2 Å². The molecule has 5 heteroatoms. The van der Waals surface area contributed by atoms with Crippen LogP contribution in [0.3, 0.4) is 0 Å². The monoisotopic (exact) mass is 244 g/mol. The molecule has 2 heterocycles. The number of hydrogen-bond acceptors (Lipinski definition) is 4. The molecule has 0 radical (unpaired) electrons. The van der Waals surface area contributed by atoms with Gasteiger partial charge in [0.2, 0.25) is 10.1 Å². The third kappa shape index (κ3) is 2.14. The molecule has 4 nitrogen and oxygen atoms in total. The van der Waals surface area contributed by atoms with E-state index in [0.29, 0.717) is 0 Å². The van der Waals surface area contributed by atoms with E-state index in [9.17, 15) is 0 Å². The molecule has 0 saturated heterocycles. The van der Waals surface area contributed by atoms with E-state index in [4.69, 9.17) is 0 Å². The highest BCUT2D eigenvalue weighted by Crippen LogP contribution is 2.19. The van der Waals surface area contributed by atoms with Crippen molar-refractivity contribution in [3.05, 3.63) is 47.8 Å². The number of imidazole rings is 1. The molecule has 1 N–H and O–H groups in total. The lowest BCUT2D eigenvalue weighted by atomic mass is 10.2. The third-order valence-electron chi connectivity index (χ3n) is 2.45. The Labute approximate surface area is 103 Å². The van der Waals surface area contributed by atoms with Gasteiger partial charge in [0.1, 0.15) is 0 Å². The summed E-state index contributed by atoms with van der Waals surface area (Å²) in [7, 11) is 0. The van der Waals surface area contributed by atoms with Crippen LogP contribution in [0.15, 0.2) is 36.5 Å². The number of aromatic nitrogens is 3. The summed E-state index contributed by atoms with van der Waals surface area (Å²) in [5.74, 6) is 0. The van der Waals surface area contributed by atoms with Gasteiger partial charge in [0.25, 0.3) is 0 Å². The fourth-order valence-corrected chi connectivity index (χ4v) is 2.48.